The molecule has 0 radical (unpaired) electrons. The molecule has 1 aliphatic rings. The Morgan fingerprint density at radius 1 is 1.60 bits per heavy atom. The molecular formula is C10H17N5. The maximum Gasteiger partial charge on any atom is 0.160 e. The first kappa shape index (κ1) is 10.2. The van der Waals surface area contributed by atoms with E-state index in [0.717, 1.165) is 18.8 Å². The summed E-state index contributed by atoms with van der Waals surface area (Å²) in [6.07, 6.45) is 7.07. The summed E-state index contributed by atoms with van der Waals surface area (Å²) in [6.45, 7) is 3.28. The summed E-state index contributed by atoms with van der Waals surface area (Å²) < 4.78 is 0. The van der Waals surface area contributed by atoms with Crippen molar-refractivity contribution in [2.75, 3.05) is 16.9 Å². The molecule has 0 aromatic carbocycles. The lowest BCUT2D eigenvalue weighted by molar-refractivity contribution is 0.640. The first-order valence-electron chi connectivity index (χ1n) is 5.40. The van der Waals surface area contributed by atoms with Gasteiger partial charge >= 0.3 is 0 Å². The summed E-state index contributed by atoms with van der Waals surface area (Å²) in [6, 6.07) is 0.604. The molecule has 2 heterocycles. The fraction of sp³-hybridized carbons (Fsp3) is 0.600. The molecule has 0 spiro atoms. The number of hydrogen-bond donors (Lipinski definition) is 2. The Morgan fingerprint density at radius 3 is 3.20 bits per heavy atom. The molecule has 3 N–H and O–H groups in total. The number of hydrogen-bond acceptors (Lipinski definition) is 5. The van der Waals surface area contributed by atoms with Crippen LogP contribution in [0.5, 0.6) is 0 Å². The van der Waals surface area contributed by atoms with Gasteiger partial charge in [-0.1, -0.05) is 6.92 Å². The van der Waals surface area contributed by atoms with Crippen LogP contribution in [-0.2, 0) is 0 Å². The fourth-order valence-electron chi connectivity index (χ4n) is 2.13. The van der Waals surface area contributed by atoms with Crippen LogP contribution in [0, 0.1) is 0 Å². The predicted molar refractivity (Wildman–Crippen MR) is 60.5 cm³/mol. The molecule has 15 heavy (non-hydrogen) atoms. The Balaban J connectivity index is 2.20. The average molecular weight is 207 g/mol. The van der Waals surface area contributed by atoms with Gasteiger partial charge in [-0.05, 0) is 19.3 Å². The number of anilines is 2. The molecule has 1 aromatic rings. The molecule has 1 aromatic heterocycles. The van der Waals surface area contributed by atoms with Crippen LogP contribution in [0.3, 0.4) is 0 Å². The van der Waals surface area contributed by atoms with Gasteiger partial charge in [0.1, 0.15) is 5.82 Å². The summed E-state index contributed by atoms with van der Waals surface area (Å²) in [7, 11) is 0. The number of hydrazine groups is 1. The normalized spacial score (nSPS) is 20.7. The molecule has 5 heteroatoms. The molecule has 82 valence electrons. The van der Waals surface area contributed by atoms with E-state index in [-0.39, 0.29) is 0 Å². The molecule has 1 unspecified atom stereocenters. The third-order valence-corrected chi connectivity index (χ3v) is 2.91. The summed E-state index contributed by atoms with van der Waals surface area (Å²) in [5.74, 6) is 6.86. The van der Waals surface area contributed by atoms with Gasteiger partial charge in [0.15, 0.2) is 5.82 Å². The SMILES string of the molecule is CCC1CCCN1c1cncc(NN)n1. The fourth-order valence-corrected chi connectivity index (χ4v) is 2.13. The van der Waals surface area contributed by atoms with Gasteiger partial charge < -0.3 is 10.3 Å². The van der Waals surface area contributed by atoms with Crippen LogP contribution in [-0.4, -0.2) is 22.6 Å². The zero-order valence-electron chi connectivity index (χ0n) is 8.98. The van der Waals surface area contributed by atoms with Crippen LogP contribution in [0.1, 0.15) is 26.2 Å². The van der Waals surface area contributed by atoms with Crippen LogP contribution >= 0.6 is 0 Å². The third kappa shape index (κ3) is 2.02. The first-order chi connectivity index (χ1) is 7.35. The largest absolute Gasteiger partial charge is 0.352 e. The van der Waals surface area contributed by atoms with E-state index < -0.39 is 0 Å². The van der Waals surface area contributed by atoms with Crippen molar-refractivity contribution < 1.29 is 0 Å². The van der Waals surface area contributed by atoms with Gasteiger partial charge in [0, 0.05) is 12.6 Å². The second kappa shape index (κ2) is 4.44. The van der Waals surface area contributed by atoms with Gasteiger partial charge in [0.05, 0.1) is 12.4 Å². The zero-order chi connectivity index (χ0) is 10.7. The second-order valence-electron chi connectivity index (χ2n) is 3.80. The summed E-state index contributed by atoms with van der Waals surface area (Å²) in [5, 5.41) is 0. The minimum atomic E-state index is 0.604. The number of nitrogens with two attached hydrogens (primary N) is 1. The zero-order valence-corrected chi connectivity index (χ0v) is 8.98. The van der Waals surface area contributed by atoms with Gasteiger partial charge in [0.2, 0.25) is 0 Å². The van der Waals surface area contributed by atoms with E-state index in [0.29, 0.717) is 11.9 Å². The quantitative estimate of drug-likeness (QED) is 0.574. The topological polar surface area (TPSA) is 67.1 Å². The minimum Gasteiger partial charge on any atom is -0.352 e. The van der Waals surface area contributed by atoms with Crippen molar-refractivity contribution in [1.29, 1.82) is 0 Å². The molecule has 1 fully saturated rings. The monoisotopic (exact) mass is 207 g/mol. The smallest absolute Gasteiger partial charge is 0.160 e. The average Bonchev–Trinajstić information content (AvgIpc) is 2.77. The Morgan fingerprint density at radius 2 is 2.47 bits per heavy atom. The Labute approximate surface area is 89.7 Å². The highest BCUT2D eigenvalue weighted by molar-refractivity contribution is 5.44. The molecule has 0 saturated carbocycles. The molecule has 0 amide bonds. The van der Waals surface area contributed by atoms with Gasteiger partial charge in [-0.15, -0.1) is 0 Å². The van der Waals surface area contributed by atoms with E-state index in [1.165, 1.54) is 12.8 Å². The van der Waals surface area contributed by atoms with Crippen molar-refractivity contribution in [1.82, 2.24) is 9.97 Å². The van der Waals surface area contributed by atoms with Crippen molar-refractivity contribution in [3.63, 3.8) is 0 Å². The lowest BCUT2D eigenvalue weighted by Crippen LogP contribution is -2.29. The molecule has 0 aliphatic carbocycles. The summed E-state index contributed by atoms with van der Waals surface area (Å²) >= 11 is 0. The Hall–Kier alpha value is -1.36. The first-order valence-corrected chi connectivity index (χ1v) is 5.40. The lowest BCUT2D eigenvalue weighted by atomic mass is 10.2. The number of rotatable bonds is 3. The maximum atomic E-state index is 5.31. The lowest BCUT2D eigenvalue weighted by Gasteiger charge is -2.24. The Kier molecular flexibility index (Phi) is 3.01. The molecule has 2 rings (SSSR count). The van der Waals surface area contributed by atoms with Crippen LogP contribution in [0.25, 0.3) is 0 Å². The van der Waals surface area contributed by atoms with Gasteiger partial charge in [0.25, 0.3) is 0 Å². The highest BCUT2D eigenvalue weighted by Crippen LogP contribution is 2.25. The molecule has 1 aliphatic heterocycles. The molecule has 0 bridgehead atoms. The summed E-state index contributed by atoms with van der Waals surface area (Å²) in [4.78, 5) is 10.8. The Bertz CT molecular complexity index is 327. The van der Waals surface area contributed by atoms with Crippen LogP contribution in [0.15, 0.2) is 12.4 Å². The van der Waals surface area contributed by atoms with Crippen molar-refractivity contribution in [2.45, 2.75) is 32.2 Å². The van der Waals surface area contributed by atoms with E-state index >= 15 is 0 Å². The highest BCUT2D eigenvalue weighted by Gasteiger charge is 2.24. The molecule has 1 saturated heterocycles. The van der Waals surface area contributed by atoms with E-state index in [2.05, 4.69) is 27.2 Å². The third-order valence-electron chi connectivity index (χ3n) is 2.91. The predicted octanol–water partition coefficient (Wildman–Crippen LogP) is 1.14. The second-order valence-corrected chi connectivity index (χ2v) is 3.80. The van der Waals surface area contributed by atoms with Crippen molar-refractivity contribution >= 4 is 11.6 Å². The minimum absolute atomic E-state index is 0.604. The van der Waals surface area contributed by atoms with Crippen molar-refractivity contribution in [2.24, 2.45) is 5.84 Å². The number of nitrogen functional groups attached to an aromatic ring is 1. The maximum absolute atomic E-state index is 5.31. The standard InChI is InChI=1S/C10H17N5/c1-2-8-4-3-5-15(8)10-7-12-6-9(13-10)14-11/h6-8H,2-5,11H2,1H3,(H,13,14). The van der Waals surface area contributed by atoms with Gasteiger partial charge in [-0.3, -0.25) is 4.98 Å². The number of nitrogens with zero attached hydrogens (tertiary/aromatic N) is 3. The van der Waals surface area contributed by atoms with Crippen molar-refractivity contribution in [3.8, 4) is 0 Å². The summed E-state index contributed by atoms with van der Waals surface area (Å²) in [5.41, 5.74) is 2.52. The van der Waals surface area contributed by atoms with E-state index in [1.54, 1.807) is 12.4 Å². The van der Waals surface area contributed by atoms with E-state index in [1.807, 2.05) is 0 Å². The number of aromatic nitrogens is 2. The van der Waals surface area contributed by atoms with Crippen LogP contribution in [0.4, 0.5) is 11.6 Å². The van der Waals surface area contributed by atoms with E-state index in [9.17, 15) is 0 Å². The van der Waals surface area contributed by atoms with Crippen LogP contribution < -0.4 is 16.2 Å². The highest BCUT2D eigenvalue weighted by atomic mass is 15.3. The van der Waals surface area contributed by atoms with Gasteiger partial charge in [-0.25, -0.2) is 10.8 Å². The molecular weight excluding hydrogens is 190 g/mol. The van der Waals surface area contributed by atoms with Crippen molar-refractivity contribution in [3.05, 3.63) is 12.4 Å². The van der Waals surface area contributed by atoms with Gasteiger partial charge in [-0.2, -0.15) is 0 Å². The van der Waals surface area contributed by atoms with Crippen LogP contribution in [0.2, 0.25) is 0 Å². The number of nitrogens with one attached hydrogen (secondary N) is 1. The molecule has 5 nitrogen and oxygen atoms in total. The van der Waals surface area contributed by atoms with E-state index in [4.69, 9.17) is 5.84 Å². The molecule has 1 atom stereocenters.